The maximum absolute atomic E-state index is 13.0. The second kappa shape index (κ2) is 11.2. The van der Waals surface area contributed by atoms with E-state index >= 15 is 0 Å². The Morgan fingerprint density at radius 3 is 2.34 bits per heavy atom. The number of benzene rings is 2. The average Bonchev–Trinajstić information content (AvgIpc) is 3.29. The van der Waals surface area contributed by atoms with Gasteiger partial charge in [0.2, 0.25) is 5.91 Å². The van der Waals surface area contributed by atoms with Crippen LogP contribution in [0.3, 0.4) is 0 Å². The molecule has 35 heavy (non-hydrogen) atoms. The quantitative estimate of drug-likeness (QED) is 0.482. The Kier molecular flexibility index (Phi) is 7.82. The number of carbonyl (C=O) groups is 1. The highest BCUT2D eigenvalue weighted by Crippen LogP contribution is 2.25. The van der Waals surface area contributed by atoms with Gasteiger partial charge in [-0.3, -0.25) is 9.69 Å². The number of piperazine rings is 1. The van der Waals surface area contributed by atoms with E-state index in [4.69, 9.17) is 0 Å². The van der Waals surface area contributed by atoms with Crippen molar-refractivity contribution in [3.05, 3.63) is 89.6 Å². The highest BCUT2D eigenvalue weighted by Gasteiger charge is 2.30. The smallest absolute Gasteiger partial charge is 0.350 e. The van der Waals surface area contributed by atoms with E-state index in [1.807, 2.05) is 68.4 Å². The first-order valence-electron chi connectivity index (χ1n) is 12.2. The maximum atomic E-state index is 13.0. The van der Waals surface area contributed by atoms with E-state index in [-0.39, 0.29) is 23.7 Å². The van der Waals surface area contributed by atoms with E-state index < -0.39 is 0 Å². The summed E-state index contributed by atoms with van der Waals surface area (Å²) in [6, 6.07) is 17.7. The Bertz CT molecular complexity index is 1180. The van der Waals surface area contributed by atoms with Crippen molar-refractivity contribution in [2.75, 3.05) is 37.6 Å². The molecule has 4 rings (SSSR count). The molecule has 1 aromatic heterocycles. The van der Waals surface area contributed by atoms with Crippen LogP contribution in [-0.4, -0.2) is 57.9 Å². The van der Waals surface area contributed by atoms with Crippen molar-refractivity contribution in [3.8, 4) is 5.69 Å². The van der Waals surface area contributed by atoms with Gasteiger partial charge in [0.05, 0.1) is 11.7 Å². The minimum absolute atomic E-state index is 0.00252. The number of nitrogens with one attached hydrogen (secondary N) is 1. The molecule has 1 saturated heterocycles. The number of rotatable bonds is 9. The number of hydrogen-bond acceptors (Lipinski definition) is 5. The fourth-order valence-electron chi connectivity index (χ4n) is 4.46. The van der Waals surface area contributed by atoms with Gasteiger partial charge in [0.25, 0.3) is 0 Å². The van der Waals surface area contributed by atoms with Crippen LogP contribution in [0, 0.1) is 0 Å². The summed E-state index contributed by atoms with van der Waals surface area (Å²) in [6.45, 7) is 11.3. The Hall–Kier alpha value is -3.65. The van der Waals surface area contributed by atoms with E-state index in [2.05, 4.69) is 26.8 Å². The molecule has 2 unspecified atom stereocenters. The monoisotopic (exact) mass is 474 g/mol. The van der Waals surface area contributed by atoms with Crippen molar-refractivity contribution in [1.82, 2.24) is 24.6 Å². The summed E-state index contributed by atoms with van der Waals surface area (Å²) in [6.07, 6.45) is 4.14. The molecule has 3 aromatic rings. The van der Waals surface area contributed by atoms with E-state index in [0.717, 1.165) is 49.5 Å². The zero-order valence-corrected chi connectivity index (χ0v) is 20.5. The van der Waals surface area contributed by atoms with Crippen LogP contribution >= 0.6 is 0 Å². The van der Waals surface area contributed by atoms with Crippen molar-refractivity contribution in [1.29, 1.82) is 0 Å². The summed E-state index contributed by atoms with van der Waals surface area (Å²) in [5, 5.41) is 7.23. The fraction of sp³-hybridized carbons (Fsp3) is 0.370. The first kappa shape index (κ1) is 24.5. The minimum atomic E-state index is -0.324. The molecule has 0 spiro atoms. The molecule has 1 amide bonds. The molecule has 0 radical (unpaired) electrons. The lowest BCUT2D eigenvalue weighted by molar-refractivity contribution is -0.126. The summed E-state index contributed by atoms with van der Waals surface area (Å²) in [4.78, 5) is 30.2. The predicted molar refractivity (Wildman–Crippen MR) is 139 cm³/mol. The molecular formula is C27H34N6O2. The predicted octanol–water partition coefficient (Wildman–Crippen LogP) is 3.17. The molecule has 0 aliphatic carbocycles. The van der Waals surface area contributed by atoms with Gasteiger partial charge in [-0.1, -0.05) is 43.3 Å². The summed E-state index contributed by atoms with van der Waals surface area (Å²) >= 11 is 0. The standard InChI is InChI=1S/C27H34N6O2/c1-4-15-28-26(34)25(22-9-7-6-8-10-22)31-18-16-30(17-19-31)23-11-13-24(14-12-23)32-20-29-33(27(32)35)21(3)5-2/h4,6-14,20-21,25H,1,5,15-19H2,2-3H3,(H,28,34). The third-order valence-electron chi connectivity index (χ3n) is 6.66. The number of hydrogen-bond donors (Lipinski definition) is 1. The van der Waals surface area contributed by atoms with Crippen molar-refractivity contribution in [2.45, 2.75) is 32.4 Å². The van der Waals surface area contributed by atoms with Crippen LogP contribution in [0.15, 0.2) is 78.4 Å². The van der Waals surface area contributed by atoms with Gasteiger partial charge in [-0.25, -0.2) is 14.0 Å². The van der Waals surface area contributed by atoms with Crippen LogP contribution in [0.2, 0.25) is 0 Å². The van der Waals surface area contributed by atoms with Crippen molar-refractivity contribution < 1.29 is 4.79 Å². The molecule has 1 aliphatic rings. The molecule has 8 nitrogen and oxygen atoms in total. The molecule has 0 saturated carbocycles. The van der Waals surface area contributed by atoms with Crippen LogP contribution in [0.4, 0.5) is 5.69 Å². The lowest BCUT2D eigenvalue weighted by Crippen LogP contribution is -2.51. The van der Waals surface area contributed by atoms with Crippen LogP contribution in [-0.2, 0) is 4.79 Å². The van der Waals surface area contributed by atoms with Gasteiger partial charge < -0.3 is 10.2 Å². The normalized spacial score (nSPS) is 16.0. The molecule has 2 heterocycles. The zero-order chi connectivity index (χ0) is 24.8. The van der Waals surface area contributed by atoms with Crippen LogP contribution < -0.4 is 15.9 Å². The zero-order valence-electron chi connectivity index (χ0n) is 20.5. The summed E-state index contributed by atoms with van der Waals surface area (Å²) in [7, 11) is 0. The highest BCUT2D eigenvalue weighted by atomic mass is 16.2. The molecule has 1 aliphatic heterocycles. The summed E-state index contributed by atoms with van der Waals surface area (Å²) in [5.41, 5.74) is 2.77. The van der Waals surface area contributed by atoms with E-state index in [1.165, 1.54) is 4.68 Å². The second-order valence-corrected chi connectivity index (χ2v) is 8.87. The van der Waals surface area contributed by atoms with Gasteiger partial charge in [-0.15, -0.1) is 6.58 Å². The molecule has 184 valence electrons. The van der Waals surface area contributed by atoms with E-state index in [1.54, 1.807) is 17.0 Å². The van der Waals surface area contributed by atoms with Gasteiger partial charge in [-0.05, 0) is 43.2 Å². The Balaban J connectivity index is 1.44. The molecule has 8 heteroatoms. The second-order valence-electron chi connectivity index (χ2n) is 8.87. The number of amides is 1. The SMILES string of the molecule is C=CCNC(=O)C(c1ccccc1)N1CCN(c2ccc(-n3cnn(C(C)CC)c3=O)cc2)CC1. The van der Waals surface area contributed by atoms with E-state index in [0.29, 0.717) is 6.54 Å². The van der Waals surface area contributed by atoms with Crippen LogP contribution in [0.5, 0.6) is 0 Å². The Morgan fingerprint density at radius 1 is 1.06 bits per heavy atom. The van der Waals surface area contributed by atoms with Crippen molar-refractivity contribution in [2.24, 2.45) is 0 Å². The number of anilines is 1. The van der Waals surface area contributed by atoms with Crippen molar-refractivity contribution >= 4 is 11.6 Å². The number of carbonyl (C=O) groups excluding carboxylic acids is 1. The maximum Gasteiger partial charge on any atom is 0.350 e. The van der Waals surface area contributed by atoms with Crippen molar-refractivity contribution in [3.63, 3.8) is 0 Å². The van der Waals surface area contributed by atoms with Gasteiger partial charge >= 0.3 is 5.69 Å². The van der Waals surface area contributed by atoms with Gasteiger partial charge in [0.1, 0.15) is 12.4 Å². The molecule has 0 bridgehead atoms. The molecule has 1 N–H and O–H groups in total. The summed E-state index contributed by atoms with van der Waals surface area (Å²) in [5.74, 6) is -0.00252. The lowest BCUT2D eigenvalue weighted by atomic mass is 10.0. The van der Waals surface area contributed by atoms with Crippen LogP contribution in [0.25, 0.3) is 5.69 Å². The topological polar surface area (TPSA) is 75.4 Å². The van der Waals surface area contributed by atoms with Crippen LogP contribution in [0.1, 0.15) is 37.9 Å². The molecule has 2 aromatic carbocycles. The summed E-state index contributed by atoms with van der Waals surface area (Å²) < 4.78 is 3.11. The van der Waals surface area contributed by atoms with Gasteiger partial charge in [0.15, 0.2) is 0 Å². The molecule has 2 atom stereocenters. The average molecular weight is 475 g/mol. The first-order chi connectivity index (χ1) is 17.0. The minimum Gasteiger partial charge on any atom is -0.369 e. The van der Waals surface area contributed by atoms with E-state index in [9.17, 15) is 9.59 Å². The molecular weight excluding hydrogens is 440 g/mol. The first-order valence-corrected chi connectivity index (χ1v) is 12.2. The Morgan fingerprint density at radius 2 is 1.71 bits per heavy atom. The van der Waals surface area contributed by atoms with Gasteiger partial charge in [-0.2, -0.15) is 5.10 Å². The Labute approximate surface area is 206 Å². The number of nitrogens with zero attached hydrogens (tertiary/aromatic N) is 5. The highest BCUT2D eigenvalue weighted by molar-refractivity contribution is 5.83. The van der Waals surface area contributed by atoms with Gasteiger partial charge in [0, 0.05) is 38.4 Å². The lowest BCUT2D eigenvalue weighted by Gasteiger charge is -2.39. The number of aromatic nitrogens is 3. The third-order valence-corrected chi connectivity index (χ3v) is 6.66. The largest absolute Gasteiger partial charge is 0.369 e. The fourth-order valence-corrected chi connectivity index (χ4v) is 4.46. The molecule has 1 fully saturated rings. The third kappa shape index (κ3) is 5.38.